The Hall–Kier alpha value is -2.37. The molecular formula is C18H23N3O3. The van der Waals surface area contributed by atoms with E-state index in [4.69, 9.17) is 0 Å². The number of carbonyl (C=O) groups excluding carboxylic acids is 1. The molecule has 0 unspecified atom stereocenters. The third-order valence-corrected chi connectivity index (χ3v) is 4.89. The maximum absolute atomic E-state index is 12.4. The highest BCUT2D eigenvalue weighted by Gasteiger charge is 2.19. The number of nitrogens with zero attached hydrogens (tertiary/aromatic N) is 2. The molecule has 1 aromatic carbocycles. The van der Waals surface area contributed by atoms with Crippen LogP contribution < -0.4 is 11.2 Å². The van der Waals surface area contributed by atoms with E-state index in [9.17, 15) is 14.4 Å². The number of rotatable bonds is 5. The van der Waals surface area contributed by atoms with Gasteiger partial charge in [-0.25, -0.2) is 4.79 Å². The smallest absolute Gasteiger partial charge is 0.328 e. The Labute approximate surface area is 140 Å². The van der Waals surface area contributed by atoms with Gasteiger partial charge in [0.15, 0.2) is 0 Å². The van der Waals surface area contributed by atoms with E-state index in [1.165, 1.54) is 30.3 Å². The Kier molecular flexibility index (Phi) is 4.83. The molecule has 1 fully saturated rings. The van der Waals surface area contributed by atoms with Crippen LogP contribution in [0, 0.1) is 5.92 Å². The first-order chi connectivity index (χ1) is 11.6. The molecule has 6 heteroatoms. The number of para-hydroxylation sites is 1. The molecule has 128 valence electrons. The van der Waals surface area contributed by atoms with Gasteiger partial charge < -0.3 is 4.90 Å². The fourth-order valence-corrected chi connectivity index (χ4v) is 3.54. The number of aromatic nitrogens is 2. The molecule has 0 spiro atoms. The Bertz CT molecular complexity index is 846. The van der Waals surface area contributed by atoms with Crippen LogP contribution in [-0.2, 0) is 11.3 Å². The third kappa shape index (κ3) is 3.42. The van der Waals surface area contributed by atoms with Crippen molar-refractivity contribution in [1.82, 2.24) is 14.5 Å². The number of benzene rings is 1. The van der Waals surface area contributed by atoms with Gasteiger partial charge in [-0.2, -0.15) is 0 Å². The molecule has 0 radical (unpaired) electrons. The number of hydrogen-bond donors (Lipinski definition) is 1. The fraction of sp³-hybridized carbons (Fsp3) is 0.500. The summed E-state index contributed by atoms with van der Waals surface area (Å²) >= 11 is 0. The van der Waals surface area contributed by atoms with Gasteiger partial charge in [0, 0.05) is 26.6 Å². The van der Waals surface area contributed by atoms with E-state index in [0.717, 1.165) is 6.54 Å². The van der Waals surface area contributed by atoms with Crippen molar-refractivity contribution in [2.75, 3.05) is 13.6 Å². The summed E-state index contributed by atoms with van der Waals surface area (Å²) in [6.45, 7) is 1.06. The highest BCUT2D eigenvalue weighted by molar-refractivity contribution is 5.78. The van der Waals surface area contributed by atoms with Gasteiger partial charge in [0.05, 0.1) is 10.9 Å². The molecule has 0 atom stereocenters. The third-order valence-electron chi connectivity index (χ3n) is 4.89. The van der Waals surface area contributed by atoms with Crippen molar-refractivity contribution in [3.05, 3.63) is 45.1 Å². The van der Waals surface area contributed by atoms with Gasteiger partial charge in [0.1, 0.15) is 0 Å². The van der Waals surface area contributed by atoms with Crippen LogP contribution >= 0.6 is 0 Å². The van der Waals surface area contributed by atoms with Crippen LogP contribution in [0.15, 0.2) is 33.9 Å². The van der Waals surface area contributed by atoms with Crippen LogP contribution in [0.1, 0.15) is 32.1 Å². The number of fused-ring (bicyclic) bond motifs is 1. The van der Waals surface area contributed by atoms with Crippen molar-refractivity contribution in [1.29, 1.82) is 0 Å². The van der Waals surface area contributed by atoms with E-state index in [1.54, 1.807) is 29.2 Å². The van der Waals surface area contributed by atoms with E-state index < -0.39 is 11.2 Å². The molecule has 1 heterocycles. The summed E-state index contributed by atoms with van der Waals surface area (Å²) in [4.78, 5) is 40.4. The maximum atomic E-state index is 12.4. The summed E-state index contributed by atoms with van der Waals surface area (Å²) in [7, 11) is 1.83. The van der Waals surface area contributed by atoms with Crippen LogP contribution in [0.4, 0.5) is 0 Å². The first-order valence-corrected chi connectivity index (χ1v) is 8.52. The minimum atomic E-state index is -0.468. The number of amides is 1. The van der Waals surface area contributed by atoms with E-state index in [2.05, 4.69) is 4.98 Å². The Morgan fingerprint density at radius 1 is 1.25 bits per heavy atom. The first kappa shape index (κ1) is 16.5. The molecule has 3 rings (SSSR count). The minimum Gasteiger partial charge on any atom is -0.345 e. The van der Waals surface area contributed by atoms with E-state index in [1.807, 2.05) is 7.05 Å². The predicted octanol–water partition coefficient (Wildman–Crippen LogP) is 1.73. The molecule has 1 aromatic heterocycles. The maximum Gasteiger partial charge on any atom is 0.328 e. The van der Waals surface area contributed by atoms with E-state index >= 15 is 0 Å². The van der Waals surface area contributed by atoms with Crippen LogP contribution in [0.2, 0.25) is 0 Å². The zero-order valence-corrected chi connectivity index (χ0v) is 14.0. The highest BCUT2D eigenvalue weighted by atomic mass is 16.2. The van der Waals surface area contributed by atoms with Gasteiger partial charge in [-0.05, 0) is 30.9 Å². The van der Waals surface area contributed by atoms with E-state index in [-0.39, 0.29) is 18.9 Å². The second kappa shape index (κ2) is 7.03. The van der Waals surface area contributed by atoms with Gasteiger partial charge in [0.25, 0.3) is 5.56 Å². The number of carbonyl (C=O) groups is 1. The lowest BCUT2D eigenvalue weighted by Gasteiger charge is -2.21. The lowest BCUT2D eigenvalue weighted by molar-refractivity contribution is -0.130. The zero-order chi connectivity index (χ0) is 17.1. The average Bonchev–Trinajstić information content (AvgIpc) is 3.07. The number of H-pyrrole nitrogens is 1. The molecule has 1 N–H and O–H groups in total. The van der Waals surface area contributed by atoms with Crippen LogP contribution in [0.5, 0.6) is 0 Å². The molecule has 24 heavy (non-hydrogen) atoms. The molecular weight excluding hydrogens is 306 g/mol. The van der Waals surface area contributed by atoms with Gasteiger partial charge in [-0.1, -0.05) is 25.0 Å². The minimum absolute atomic E-state index is 0.0316. The summed E-state index contributed by atoms with van der Waals surface area (Å²) < 4.78 is 1.47. The van der Waals surface area contributed by atoms with Crippen molar-refractivity contribution in [2.24, 2.45) is 5.92 Å². The molecule has 1 amide bonds. The molecule has 1 aliphatic rings. The highest BCUT2D eigenvalue weighted by Crippen LogP contribution is 2.25. The number of aryl methyl sites for hydroxylation is 1. The first-order valence-electron chi connectivity index (χ1n) is 8.52. The number of aromatic amines is 1. The monoisotopic (exact) mass is 329 g/mol. The molecule has 6 nitrogen and oxygen atoms in total. The molecule has 2 aromatic rings. The summed E-state index contributed by atoms with van der Waals surface area (Å²) in [6, 6.07) is 6.95. The van der Waals surface area contributed by atoms with Crippen molar-refractivity contribution >= 4 is 16.8 Å². The van der Waals surface area contributed by atoms with Gasteiger partial charge in [0.2, 0.25) is 5.91 Å². The van der Waals surface area contributed by atoms with Gasteiger partial charge >= 0.3 is 5.69 Å². The second-order valence-corrected chi connectivity index (χ2v) is 6.60. The molecule has 0 bridgehead atoms. The molecule has 1 saturated carbocycles. The number of nitrogens with one attached hydrogen (secondary N) is 1. The Balaban J connectivity index is 1.72. The summed E-state index contributed by atoms with van der Waals surface area (Å²) in [5.41, 5.74) is -0.293. The normalized spacial score (nSPS) is 15.0. The van der Waals surface area contributed by atoms with Crippen LogP contribution in [0.25, 0.3) is 10.9 Å². The standard InChI is InChI=1S/C18H23N3O3/c1-20(12-13-6-2-3-7-13)16(22)10-11-21-15-9-5-4-8-14(15)17(23)19-18(21)24/h4-5,8-9,13H,2-3,6-7,10-12H2,1H3,(H,19,23,24). The van der Waals surface area contributed by atoms with Gasteiger partial charge in [-0.3, -0.25) is 19.1 Å². The topological polar surface area (TPSA) is 75.2 Å². The SMILES string of the molecule is CN(CC1CCCC1)C(=O)CCn1c(=O)[nH]c(=O)c2ccccc21. The lowest BCUT2D eigenvalue weighted by Crippen LogP contribution is -2.34. The van der Waals surface area contributed by atoms with E-state index in [0.29, 0.717) is 16.8 Å². The summed E-state index contributed by atoms with van der Waals surface area (Å²) in [5.74, 6) is 0.639. The summed E-state index contributed by atoms with van der Waals surface area (Å²) in [5, 5.41) is 0.462. The fourth-order valence-electron chi connectivity index (χ4n) is 3.54. The van der Waals surface area contributed by atoms with Crippen LogP contribution in [-0.4, -0.2) is 34.0 Å². The quantitative estimate of drug-likeness (QED) is 0.908. The zero-order valence-electron chi connectivity index (χ0n) is 14.0. The molecule has 0 aliphatic heterocycles. The van der Waals surface area contributed by atoms with Crippen molar-refractivity contribution < 1.29 is 4.79 Å². The molecule has 0 saturated heterocycles. The second-order valence-electron chi connectivity index (χ2n) is 6.60. The van der Waals surface area contributed by atoms with Crippen molar-refractivity contribution in [3.63, 3.8) is 0 Å². The van der Waals surface area contributed by atoms with Crippen molar-refractivity contribution in [2.45, 2.75) is 38.6 Å². The lowest BCUT2D eigenvalue weighted by atomic mass is 10.1. The predicted molar refractivity (Wildman–Crippen MR) is 93.0 cm³/mol. The number of hydrogen-bond acceptors (Lipinski definition) is 3. The van der Waals surface area contributed by atoms with Crippen LogP contribution in [0.3, 0.4) is 0 Å². The van der Waals surface area contributed by atoms with Crippen molar-refractivity contribution in [3.8, 4) is 0 Å². The van der Waals surface area contributed by atoms with Gasteiger partial charge in [-0.15, -0.1) is 0 Å². The molecule has 1 aliphatic carbocycles. The largest absolute Gasteiger partial charge is 0.345 e. The Morgan fingerprint density at radius 3 is 2.71 bits per heavy atom. The average molecular weight is 329 g/mol. The Morgan fingerprint density at radius 2 is 1.96 bits per heavy atom. The summed E-state index contributed by atoms with van der Waals surface area (Å²) in [6.07, 6.45) is 5.15.